The summed E-state index contributed by atoms with van der Waals surface area (Å²) < 4.78 is 1.11. The first-order valence-electron chi connectivity index (χ1n) is 5.61. The highest BCUT2D eigenvalue weighted by Gasteiger charge is 2.08. The summed E-state index contributed by atoms with van der Waals surface area (Å²) in [6.07, 6.45) is 1.79. The summed E-state index contributed by atoms with van der Waals surface area (Å²) in [4.78, 5) is 34.1. The molecule has 0 spiro atoms. The Hall–Kier alpha value is -2.11. The quantitative estimate of drug-likeness (QED) is 0.766. The molecular weight excluding hydrogens is 236 g/mol. The van der Waals surface area contributed by atoms with Crippen molar-refractivity contribution in [3.8, 4) is 0 Å². The molecule has 2 N–H and O–H groups in total. The molecule has 1 rings (SSSR count). The summed E-state index contributed by atoms with van der Waals surface area (Å²) in [5, 5.41) is 11.3. The molecule has 0 radical (unpaired) electrons. The van der Waals surface area contributed by atoms with Crippen LogP contribution in [0.3, 0.4) is 0 Å². The molecule has 0 amide bonds. The number of hydrogen-bond donors (Lipinski definition) is 2. The van der Waals surface area contributed by atoms with E-state index in [4.69, 9.17) is 5.11 Å². The van der Waals surface area contributed by atoms with E-state index >= 15 is 0 Å². The van der Waals surface area contributed by atoms with Crippen molar-refractivity contribution in [2.45, 2.75) is 33.7 Å². The average Bonchev–Trinajstić information content (AvgIpc) is 2.33. The van der Waals surface area contributed by atoms with Crippen LogP contribution >= 0.6 is 0 Å². The summed E-state index contributed by atoms with van der Waals surface area (Å²) in [6, 6.07) is 0. The second kappa shape index (κ2) is 5.48. The van der Waals surface area contributed by atoms with Gasteiger partial charge in [0.1, 0.15) is 0 Å². The smallest absolute Gasteiger partial charge is 0.331 e. The minimum Gasteiger partial charge on any atom is -0.478 e. The van der Waals surface area contributed by atoms with Crippen molar-refractivity contribution < 1.29 is 9.90 Å². The van der Waals surface area contributed by atoms with E-state index in [1.54, 1.807) is 20.8 Å². The molecule has 0 unspecified atom stereocenters. The largest absolute Gasteiger partial charge is 0.478 e. The number of aliphatic carboxylic acids is 1. The third kappa shape index (κ3) is 2.77. The Morgan fingerprint density at radius 2 is 1.94 bits per heavy atom. The fraction of sp³-hybridized carbons (Fsp3) is 0.417. The predicted molar refractivity (Wildman–Crippen MR) is 66.8 cm³/mol. The lowest BCUT2D eigenvalue weighted by atomic mass is 10.2. The number of carbonyl (C=O) groups is 1. The number of nitrogens with one attached hydrogen (secondary N) is 1. The van der Waals surface area contributed by atoms with Crippen molar-refractivity contribution in [3.63, 3.8) is 0 Å². The van der Waals surface area contributed by atoms with Gasteiger partial charge in [0.25, 0.3) is 11.1 Å². The Balaban J connectivity index is 3.18. The van der Waals surface area contributed by atoms with Gasteiger partial charge in [0.2, 0.25) is 0 Å². The number of rotatable bonds is 4. The molecule has 0 atom stereocenters. The minimum atomic E-state index is -1.02. The first kappa shape index (κ1) is 14.0. The normalized spacial score (nSPS) is 11.6. The Kier molecular flexibility index (Phi) is 4.25. The fourth-order valence-electron chi connectivity index (χ4n) is 1.50. The molecule has 0 saturated carbocycles. The van der Waals surface area contributed by atoms with Gasteiger partial charge in [0.05, 0.1) is 6.54 Å². The second-order valence-electron chi connectivity index (χ2n) is 3.99. The van der Waals surface area contributed by atoms with Crippen LogP contribution in [0.1, 0.15) is 24.5 Å². The Morgan fingerprint density at radius 3 is 2.44 bits per heavy atom. The van der Waals surface area contributed by atoms with Gasteiger partial charge in [-0.2, -0.15) is 0 Å². The summed E-state index contributed by atoms with van der Waals surface area (Å²) in [5.74, 6) is -1.02. The maximum absolute atomic E-state index is 11.8. The fourth-order valence-corrected chi connectivity index (χ4v) is 1.50. The molecule has 0 fully saturated rings. The van der Waals surface area contributed by atoms with Crippen molar-refractivity contribution >= 4 is 5.97 Å². The molecule has 0 saturated heterocycles. The Morgan fingerprint density at radius 1 is 1.33 bits per heavy atom. The summed E-state index contributed by atoms with van der Waals surface area (Å²) >= 11 is 0. The number of aromatic nitrogens is 2. The maximum atomic E-state index is 11.8. The van der Waals surface area contributed by atoms with Gasteiger partial charge in [-0.3, -0.25) is 14.7 Å². The highest BCUT2D eigenvalue weighted by Crippen LogP contribution is 2.00. The number of nitrogens with zero attached hydrogens (tertiary/aromatic N) is 1. The van der Waals surface area contributed by atoms with Crippen LogP contribution in [0.4, 0.5) is 0 Å². The van der Waals surface area contributed by atoms with Gasteiger partial charge in [0.15, 0.2) is 0 Å². The van der Waals surface area contributed by atoms with Crippen LogP contribution in [0.25, 0.3) is 0 Å². The SMILES string of the molecule is CCC(=CCn1[nH]c(=O)c(C)c(C)c1=O)C(=O)O. The molecule has 1 aromatic heterocycles. The van der Waals surface area contributed by atoms with Gasteiger partial charge >= 0.3 is 5.97 Å². The van der Waals surface area contributed by atoms with Crippen LogP contribution in [-0.4, -0.2) is 20.9 Å². The topological polar surface area (TPSA) is 92.2 Å². The monoisotopic (exact) mass is 252 g/mol. The van der Waals surface area contributed by atoms with Crippen LogP contribution in [0.5, 0.6) is 0 Å². The summed E-state index contributed by atoms with van der Waals surface area (Å²) in [6.45, 7) is 4.91. The number of aromatic amines is 1. The van der Waals surface area contributed by atoms with Gasteiger partial charge in [-0.05, 0) is 20.3 Å². The van der Waals surface area contributed by atoms with E-state index in [1.807, 2.05) is 0 Å². The van der Waals surface area contributed by atoms with Gasteiger partial charge in [-0.25, -0.2) is 9.48 Å². The standard InChI is InChI=1S/C12H16N2O4/c1-4-9(12(17)18)5-6-14-11(16)8(3)7(2)10(15)13-14/h5H,4,6H2,1-3H3,(H,13,15)(H,17,18). The Labute approximate surface area is 104 Å². The number of allylic oxidation sites excluding steroid dienone is 1. The molecular formula is C12H16N2O4. The lowest BCUT2D eigenvalue weighted by molar-refractivity contribution is -0.132. The molecule has 0 aliphatic rings. The van der Waals surface area contributed by atoms with Crippen molar-refractivity contribution in [1.29, 1.82) is 0 Å². The minimum absolute atomic E-state index is 0.0463. The zero-order valence-corrected chi connectivity index (χ0v) is 10.6. The molecule has 18 heavy (non-hydrogen) atoms. The lowest BCUT2D eigenvalue weighted by Gasteiger charge is -2.06. The van der Waals surface area contributed by atoms with Gasteiger partial charge in [-0.15, -0.1) is 0 Å². The molecule has 0 aliphatic carbocycles. The van der Waals surface area contributed by atoms with Crippen molar-refractivity contribution in [3.05, 3.63) is 43.5 Å². The molecule has 6 heteroatoms. The number of H-pyrrole nitrogens is 1. The zero-order chi connectivity index (χ0) is 13.9. The van der Waals surface area contributed by atoms with Gasteiger partial charge < -0.3 is 5.11 Å². The van der Waals surface area contributed by atoms with Crippen LogP contribution in [-0.2, 0) is 11.3 Å². The van der Waals surface area contributed by atoms with Crippen LogP contribution in [0.15, 0.2) is 21.2 Å². The van der Waals surface area contributed by atoms with E-state index in [9.17, 15) is 14.4 Å². The Bertz CT molecular complexity index is 607. The second-order valence-corrected chi connectivity index (χ2v) is 3.99. The highest BCUT2D eigenvalue weighted by molar-refractivity contribution is 5.86. The van der Waals surface area contributed by atoms with Crippen molar-refractivity contribution in [2.24, 2.45) is 0 Å². The van der Waals surface area contributed by atoms with Gasteiger partial charge in [0, 0.05) is 16.7 Å². The first-order chi connectivity index (χ1) is 8.38. The maximum Gasteiger partial charge on any atom is 0.331 e. The summed E-state index contributed by atoms with van der Waals surface area (Å²) in [7, 11) is 0. The molecule has 0 aromatic carbocycles. The third-order valence-corrected chi connectivity index (χ3v) is 2.88. The van der Waals surface area contributed by atoms with Crippen molar-refractivity contribution in [2.75, 3.05) is 0 Å². The van der Waals surface area contributed by atoms with Gasteiger partial charge in [-0.1, -0.05) is 13.0 Å². The number of hydrogen-bond acceptors (Lipinski definition) is 3. The predicted octanol–water partition coefficient (Wildman–Crippen LogP) is 0.574. The van der Waals surface area contributed by atoms with Crippen LogP contribution in [0, 0.1) is 13.8 Å². The van der Waals surface area contributed by atoms with E-state index in [0.717, 1.165) is 4.68 Å². The van der Waals surface area contributed by atoms with E-state index < -0.39 is 5.97 Å². The average molecular weight is 252 g/mol. The third-order valence-electron chi connectivity index (χ3n) is 2.88. The summed E-state index contributed by atoms with van der Waals surface area (Å²) in [5.41, 5.74) is 0.314. The molecule has 98 valence electrons. The number of carboxylic acids is 1. The van der Waals surface area contributed by atoms with Crippen molar-refractivity contribution in [1.82, 2.24) is 9.78 Å². The van der Waals surface area contributed by atoms with E-state index in [1.165, 1.54) is 6.08 Å². The van der Waals surface area contributed by atoms with E-state index in [2.05, 4.69) is 5.10 Å². The lowest BCUT2D eigenvalue weighted by Crippen LogP contribution is -2.33. The first-order valence-corrected chi connectivity index (χ1v) is 5.61. The number of carboxylic acid groups (broad SMARTS) is 1. The molecule has 1 aromatic rings. The van der Waals surface area contributed by atoms with Crippen LogP contribution in [0.2, 0.25) is 0 Å². The highest BCUT2D eigenvalue weighted by atomic mass is 16.4. The van der Waals surface area contributed by atoms with Crippen LogP contribution < -0.4 is 11.1 Å². The molecule has 0 bridgehead atoms. The van der Waals surface area contributed by atoms with E-state index in [0.29, 0.717) is 17.5 Å². The zero-order valence-electron chi connectivity index (χ0n) is 10.6. The molecule has 6 nitrogen and oxygen atoms in total. The molecule has 0 aliphatic heterocycles. The molecule has 1 heterocycles. The van der Waals surface area contributed by atoms with E-state index in [-0.39, 0.29) is 23.2 Å².